The van der Waals surface area contributed by atoms with Crippen molar-refractivity contribution >= 4 is 5.97 Å². The van der Waals surface area contributed by atoms with Crippen molar-refractivity contribution in [1.29, 1.82) is 0 Å². The SMILES string of the molecule is COC(=O)c1cc(-c2ccccc2)c(O)c(-c2ccccc2)c1. The number of hydrogen-bond acceptors (Lipinski definition) is 3. The molecule has 23 heavy (non-hydrogen) atoms. The van der Waals surface area contributed by atoms with Crippen LogP contribution >= 0.6 is 0 Å². The number of esters is 1. The third-order valence-electron chi connectivity index (χ3n) is 3.70. The molecule has 3 nitrogen and oxygen atoms in total. The molecule has 0 radical (unpaired) electrons. The number of carbonyl (C=O) groups is 1. The van der Waals surface area contributed by atoms with E-state index in [1.165, 1.54) is 7.11 Å². The van der Waals surface area contributed by atoms with Crippen LogP contribution in [0.2, 0.25) is 0 Å². The molecule has 114 valence electrons. The molecule has 3 aromatic rings. The van der Waals surface area contributed by atoms with Gasteiger partial charge in [-0.05, 0) is 23.3 Å². The number of methoxy groups -OCH3 is 1. The fourth-order valence-corrected chi connectivity index (χ4v) is 2.55. The summed E-state index contributed by atoms with van der Waals surface area (Å²) < 4.78 is 4.84. The Balaban J connectivity index is 2.26. The molecule has 0 amide bonds. The maximum absolute atomic E-state index is 12.0. The molecule has 3 rings (SSSR count). The van der Waals surface area contributed by atoms with Gasteiger partial charge in [0.2, 0.25) is 0 Å². The summed E-state index contributed by atoms with van der Waals surface area (Å²) in [5.41, 5.74) is 3.29. The molecule has 0 aliphatic rings. The molecule has 0 atom stereocenters. The van der Waals surface area contributed by atoms with Crippen molar-refractivity contribution in [2.24, 2.45) is 0 Å². The highest BCUT2D eigenvalue weighted by atomic mass is 16.5. The van der Waals surface area contributed by atoms with Crippen molar-refractivity contribution in [1.82, 2.24) is 0 Å². The minimum absolute atomic E-state index is 0.148. The number of rotatable bonds is 3. The van der Waals surface area contributed by atoms with Gasteiger partial charge in [-0.1, -0.05) is 60.7 Å². The lowest BCUT2D eigenvalue weighted by molar-refractivity contribution is 0.0601. The highest BCUT2D eigenvalue weighted by Gasteiger charge is 2.16. The lowest BCUT2D eigenvalue weighted by Gasteiger charge is -2.13. The van der Waals surface area contributed by atoms with E-state index in [1.807, 2.05) is 60.7 Å². The van der Waals surface area contributed by atoms with Crippen LogP contribution in [-0.2, 0) is 4.74 Å². The Hall–Kier alpha value is -3.07. The number of aromatic hydroxyl groups is 1. The van der Waals surface area contributed by atoms with E-state index in [-0.39, 0.29) is 5.75 Å². The summed E-state index contributed by atoms with van der Waals surface area (Å²) in [6.45, 7) is 0. The van der Waals surface area contributed by atoms with Crippen LogP contribution in [0.25, 0.3) is 22.3 Å². The summed E-state index contributed by atoms with van der Waals surface area (Å²) >= 11 is 0. The zero-order valence-corrected chi connectivity index (χ0v) is 12.7. The van der Waals surface area contributed by atoms with E-state index in [4.69, 9.17) is 4.74 Å². The van der Waals surface area contributed by atoms with Crippen LogP contribution in [0.1, 0.15) is 10.4 Å². The highest BCUT2D eigenvalue weighted by Crippen LogP contribution is 2.39. The monoisotopic (exact) mass is 304 g/mol. The van der Waals surface area contributed by atoms with Crippen LogP contribution in [0.5, 0.6) is 5.75 Å². The standard InChI is InChI=1S/C20H16O3/c1-23-20(22)16-12-17(14-8-4-2-5-9-14)19(21)18(13-16)15-10-6-3-7-11-15/h2-13,21H,1H3. The molecule has 0 aromatic heterocycles. The number of phenols is 1. The zero-order valence-electron chi connectivity index (χ0n) is 12.7. The molecule has 0 fully saturated rings. The Kier molecular flexibility index (Phi) is 4.11. The van der Waals surface area contributed by atoms with Gasteiger partial charge in [-0.15, -0.1) is 0 Å². The van der Waals surface area contributed by atoms with E-state index in [2.05, 4.69) is 0 Å². The summed E-state index contributed by atoms with van der Waals surface area (Å²) in [5, 5.41) is 10.7. The first-order valence-electron chi connectivity index (χ1n) is 7.27. The number of carbonyl (C=O) groups excluding carboxylic acids is 1. The average Bonchev–Trinajstić information content (AvgIpc) is 2.62. The van der Waals surface area contributed by atoms with Gasteiger partial charge >= 0.3 is 5.97 Å². The van der Waals surface area contributed by atoms with Gasteiger partial charge in [0.1, 0.15) is 5.75 Å². The minimum atomic E-state index is -0.431. The third kappa shape index (κ3) is 2.94. The third-order valence-corrected chi connectivity index (χ3v) is 3.70. The number of hydrogen-bond donors (Lipinski definition) is 1. The van der Waals surface area contributed by atoms with Crippen LogP contribution in [0, 0.1) is 0 Å². The van der Waals surface area contributed by atoms with Crippen LogP contribution in [0.4, 0.5) is 0 Å². The fourth-order valence-electron chi connectivity index (χ4n) is 2.55. The molecule has 3 heteroatoms. The van der Waals surface area contributed by atoms with E-state index >= 15 is 0 Å². The van der Waals surface area contributed by atoms with Gasteiger partial charge in [0.15, 0.2) is 0 Å². The van der Waals surface area contributed by atoms with Crippen LogP contribution in [0.3, 0.4) is 0 Å². The fraction of sp³-hybridized carbons (Fsp3) is 0.0500. The van der Waals surface area contributed by atoms with Crippen molar-refractivity contribution in [2.45, 2.75) is 0 Å². The Bertz CT molecular complexity index is 764. The topological polar surface area (TPSA) is 46.5 Å². The van der Waals surface area contributed by atoms with Gasteiger partial charge in [0, 0.05) is 11.1 Å². The Morgan fingerprint density at radius 2 is 1.26 bits per heavy atom. The van der Waals surface area contributed by atoms with Crippen LogP contribution < -0.4 is 0 Å². The molecule has 0 aliphatic carbocycles. The molecule has 0 saturated heterocycles. The molecular weight excluding hydrogens is 288 g/mol. The molecule has 0 bridgehead atoms. The van der Waals surface area contributed by atoms with E-state index < -0.39 is 5.97 Å². The zero-order chi connectivity index (χ0) is 16.2. The Labute approximate surface area is 134 Å². The second kappa shape index (κ2) is 6.36. The number of benzene rings is 3. The van der Waals surface area contributed by atoms with Crippen LogP contribution in [-0.4, -0.2) is 18.2 Å². The molecule has 0 heterocycles. The second-order valence-electron chi connectivity index (χ2n) is 5.14. The van der Waals surface area contributed by atoms with Crippen molar-refractivity contribution in [3.8, 4) is 28.0 Å². The van der Waals surface area contributed by atoms with E-state index in [0.29, 0.717) is 16.7 Å². The second-order valence-corrected chi connectivity index (χ2v) is 5.14. The van der Waals surface area contributed by atoms with Gasteiger partial charge in [0.25, 0.3) is 0 Å². The predicted molar refractivity (Wildman–Crippen MR) is 90.3 cm³/mol. The van der Waals surface area contributed by atoms with E-state index in [0.717, 1.165) is 11.1 Å². The Morgan fingerprint density at radius 3 is 1.65 bits per heavy atom. The van der Waals surface area contributed by atoms with Gasteiger partial charge < -0.3 is 9.84 Å². The summed E-state index contributed by atoms with van der Waals surface area (Å²) in [6, 6.07) is 22.3. The maximum Gasteiger partial charge on any atom is 0.337 e. The lowest BCUT2D eigenvalue weighted by Crippen LogP contribution is -2.02. The van der Waals surface area contributed by atoms with Gasteiger partial charge in [0.05, 0.1) is 12.7 Å². The van der Waals surface area contributed by atoms with E-state index in [1.54, 1.807) is 12.1 Å². The van der Waals surface area contributed by atoms with Crippen molar-refractivity contribution in [2.75, 3.05) is 7.11 Å². The first-order valence-corrected chi connectivity index (χ1v) is 7.27. The molecule has 1 N–H and O–H groups in total. The van der Waals surface area contributed by atoms with Crippen molar-refractivity contribution in [3.05, 3.63) is 78.4 Å². The Morgan fingerprint density at radius 1 is 0.826 bits per heavy atom. The van der Waals surface area contributed by atoms with Gasteiger partial charge in [-0.25, -0.2) is 4.79 Å². The molecule has 0 unspecified atom stereocenters. The summed E-state index contributed by atoms with van der Waals surface area (Å²) in [6.07, 6.45) is 0. The molecule has 0 saturated carbocycles. The van der Waals surface area contributed by atoms with Gasteiger partial charge in [-0.3, -0.25) is 0 Å². The molecular formula is C20H16O3. The highest BCUT2D eigenvalue weighted by molar-refractivity contribution is 5.95. The molecule has 3 aromatic carbocycles. The summed E-state index contributed by atoms with van der Waals surface area (Å²) in [5.74, 6) is -0.283. The van der Waals surface area contributed by atoms with Crippen LogP contribution in [0.15, 0.2) is 72.8 Å². The predicted octanol–water partition coefficient (Wildman–Crippen LogP) is 4.51. The average molecular weight is 304 g/mol. The number of ether oxygens (including phenoxy) is 1. The van der Waals surface area contributed by atoms with Gasteiger partial charge in [-0.2, -0.15) is 0 Å². The first kappa shape index (κ1) is 14.9. The smallest absolute Gasteiger partial charge is 0.337 e. The number of phenolic OH excluding ortho intramolecular Hbond substituents is 1. The largest absolute Gasteiger partial charge is 0.507 e. The summed E-state index contributed by atoms with van der Waals surface area (Å²) in [4.78, 5) is 12.0. The summed E-state index contributed by atoms with van der Waals surface area (Å²) in [7, 11) is 1.35. The van der Waals surface area contributed by atoms with Crippen molar-refractivity contribution < 1.29 is 14.6 Å². The molecule has 0 aliphatic heterocycles. The molecule has 0 spiro atoms. The lowest BCUT2D eigenvalue weighted by atomic mass is 9.94. The first-order chi connectivity index (χ1) is 11.2. The maximum atomic E-state index is 12.0. The van der Waals surface area contributed by atoms with E-state index in [9.17, 15) is 9.90 Å². The normalized spacial score (nSPS) is 10.3. The minimum Gasteiger partial charge on any atom is -0.507 e. The quantitative estimate of drug-likeness (QED) is 0.724. The van der Waals surface area contributed by atoms with Crippen molar-refractivity contribution in [3.63, 3.8) is 0 Å².